The van der Waals surface area contributed by atoms with E-state index in [9.17, 15) is 4.79 Å². The van der Waals surface area contributed by atoms with E-state index in [0.29, 0.717) is 23.1 Å². The summed E-state index contributed by atoms with van der Waals surface area (Å²) < 4.78 is 10.9. The highest BCUT2D eigenvalue weighted by Crippen LogP contribution is 2.33. The molecule has 0 unspecified atom stereocenters. The van der Waals surface area contributed by atoms with Crippen LogP contribution in [0.1, 0.15) is 10.4 Å². The van der Waals surface area contributed by atoms with Gasteiger partial charge in [0.1, 0.15) is 5.75 Å². The number of H-pyrrole nitrogens is 1. The highest BCUT2D eigenvalue weighted by Gasteiger charge is 2.18. The van der Waals surface area contributed by atoms with Gasteiger partial charge < -0.3 is 14.5 Å². The first-order valence-electron chi connectivity index (χ1n) is 7.81. The largest absolute Gasteiger partial charge is 0.493 e. The summed E-state index contributed by atoms with van der Waals surface area (Å²) in [6.07, 6.45) is 2.54. The molecule has 1 fully saturated rings. The Hall–Kier alpha value is -2.30. The molecule has 24 heavy (non-hydrogen) atoms. The van der Waals surface area contributed by atoms with Gasteiger partial charge in [0.2, 0.25) is 0 Å². The second-order valence-electron chi connectivity index (χ2n) is 5.98. The van der Waals surface area contributed by atoms with Crippen LogP contribution in [0.15, 0.2) is 42.6 Å². The van der Waals surface area contributed by atoms with Crippen LogP contribution in [0.4, 0.5) is 0 Å². The molecule has 4 nitrogen and oxygen atoms in total. The smallest absolute Gasteiger partial charge is 0.152 e. The predicted octanol–water partition coefficient (Wildman–Crippen LogP) is 4.33. The van der Waals surface area contributed by atoms with E-state index in [1.165, 1.54) is 0 Å². The summed E-state index contributed by atoms with van der Waals surface area (Å²) in [5.41, 5.74) is 3.36. The van der Waals surface area contributed by atoms with Crippen molar-refractivity contribution >= 4 is 28.8 Å². The highest BCUT2D eigenvalue weighted by molar-refractivity contribution is 6.34. The molecule has 0 amide bonds. The Bertz CT molecular complexity index is 882. The fourth-order valence-electron chi connectivity index (χ4n) is 2.81. The van der Waals surface area contributed by atoms with Crippen LogP contribution in [0.5, 0.6) is 5.75 Å². The van der Waals surface area contributed by atoms with Gasteiger partial charge in [0.15, 0.2) is 6.29 Å². The summed E-state index contributed by atoms with van der Waals surface area (Å²) in [7, 11) is 0. The van der Waals surface area contributed by atoms with Crippen molar-refractivity contribution in [3.05, 3.63) is 53.2 Å². The summed E-state index contributed by atoms with van der Waals surface area (Å²) in [6.45, 7) is 2.24. The van der Waals surface area contributed by atoms with Gasteiger partial charge in [-0.15, -0.1) is 0 Å². The Balaban J connectivity index is 1.61. The number of hydrogen-bond acceptors (Lipinski definition) is 3. The van der Waals surface area contributed by atoms with E-state index in [1.807, 2.05) is 36.4 Å². The van der Waals surface area contributed by atoms with Crippen LogP contribution in [0, 0.1) is 5.92 Å². The molecule has 0 bridgehead atoms. The molecule has 2 heterocycles. The zero-order valence-corrected chi connectivity index (χ0v) is 13.7. The number of carbonyl (C=O) groups excluding carboxylic acids is 1. The first-order chi connectivity index (χ1) is 11.7. The number of ether oxygens (including phenoxy) is 2. The molecular formula is C19H16ClNO3. The molecule has 3 aromatic rings. The SMILES string of the molecule is O=Cc1c[nH]c2cc(Cl)c(-c3ccc(OCC4COC4)cc3)cc12. The topological polar surface area (TPSA) is 51.3 Å². The molecule has 1 aromatic heterocycles. The number of rotatable bonds is 5. The lowest BCUT2D eigenvalue weighted by Gasteiger charge is -2.25. The van der Waals surface area contributed by atoms with Crippen LogP contribution in [0.2, 0.25) is 5.02 Å². The number of carbonyl (C=O) groups is 1. The van der Waals surface area contributed by atoms with Crippen molar-refractivity contribution in [2.45, 2.75) is 0 Å². The summed E-state index contributed by atoms with van der Waals surface area (Å²) in [5, 5.41) is 1.51. The van der Waals surface area contributed by atoms with E-state index in [1.54, 1.807) is 6.20 Å². The Morgan fingerprint density at radius 2 is 2.04 bits per heavy atom. The van der Waals surface area contributed by atoms with Gasteiger partial charge in [-0.05, 0) is 29.8 Å². The average molecular weight is 342 g/mol. The third-order valence-electron chi connectivity index (χ3n) is 4.29. The van der Waals surface area contributed by atoms with Crippen LogP contribution in [0.25, 0.3) is 22.0 Å². The Morgan fingerprint density at radius 3 is 2.71 bits per heavy atom. The lowest BCUT2D eigenvalue weighted by molar-refractivity contribution is -0.0508. The quantitative estimate of drug-likeness (QED) is 0.703. The maximum Gasteiger partial charge on any atom is 0.152 e. The number of halogens is 1. The zero-order chi connectivity index (χ0) is 16.5. The third-order valence-corrected chi connectivity index (χ3v) is 4.60. The second-order valence-corrected chi connectivity index (χ2v) is 6.39. The molecule has 2 aromatic carbocycles. The lowest BCUT2D eigenvalue weighted by atomic mass is 10.0. The third kappa shape index (κ3) is 2.79. The minimum Gasteiger partial charge on any atom is -0.493 e. The molecule has 1 N–H and O–H groups in total. The second kappa shape index (κ2) is 6.30. The van der Waals surface area contributed by atoms with Crippen LogP contribution in [-0.2, 0) is 4.74 Å². The first kappa shape index (κ1) is 15.2. The van der Waals surface area contributed by atoms with Crippen molar-refractivity contribution in [2.24, 2.45) is 5.92 Å². The molecular weight excluding hydrogens is 326 g/mol. The summed E-state index contributed by atoms with van der Waals surface area (Å²) in [5.74, 6) is 1.33. The van der Waals surface area contributed by atoms with Crippen molar-refractivity contribution in [2.75, 3.05) is 19.8 Å². The predicted molar refractivity (Wildman–Crippen MR) is 93.9 cm³/mol. The maximum atomic E-state index is 11.1. The van der Waals surface area contributed by atoms with Crippen molar-refractivity contribution in [3.8, 4) is 16.9 Å². The number of fused-ring (bicyclic) bond motifs is 1. The molecule has 0 radical (unpaired) electrons. The number of aldehydes is 1. The summed E-state index contributed by atoms with van der Waals surface area (Å²) in [4.78, 5) is 14.2. The van der Waals surface area contributed by atoms with Gasteiger partial charge in [0, 0.05) is 34.1 Å². The highest BCUT2D eigenvalue weighted by atomic mass is 35.5. The normalized spacial score (nSPS) is 14.5. The minimum atomic E-state index is 0.497. The number of nitrogens with one attached hydrogen (secondary N) is 1. The van der Waals surface area contributed by atoms with E-state index in [4.69, 9.17) is 21.1 Å². The van der Waals surface area contributed by atoms with Crippen molar-refractivity contribution in [1.82, 2.24) is 4.98 Å². The van der Waals surface area contributed by atoms with Gasteiger partial charge in [0.05, 0.1) is 24.8 Å². The lowest BCUT2D eigenvalue weighted by Crippen LogP contribution is -2.32. The Morgan fingerprint density at radius 1 is 1.25 bits per heavy atom. The molecule has 1 aliphatic rings. The van der Waals surface area contributed by atoms with E-state index in [2.05, 4.69) is 4.98 Å². The number of aromatic nitrogens is 1. The number of aromatic amines is 1. The van der Waals surface area contributed by atoms with Crippen molar-refractivity contribution in [3.63, 3.8) is 0 Å². The molecule has 1 saturated heterocycles. The van der Waals surface area contributed by atoms with E-state index in [-0.39, 0.29) is 0 Å². The number of hydrogen-bond donors (Lipinski definition) is 1. The van der Waals surface area contributed by atoms with Crippen LogP contribution >= 0.6 is 11.6 Å². The molecule has 5 heteroatoms. The summed E-state index contributed by atoms with van der Waals surface area (Å²) in [6, 6.07) is 11.6. The van der Waals surface area contributed by atoms with E-state index in [0.717, 1.165) is 47.3 Å². The molecule has 0 spiro atoms. The van der Waals surface area contributed by atoms with Gasteiger partial charge in [-0.1, -0.05) is 23.7 Å². The standard InChI is InChI=1S/C19H16ClNO3/c20-18-6-19-17(14(8-22)7-21-19)5-16(18)13-1-3-15(4-2-13)24-11-12-9-23-10-12/h1-8,12,21H,9-11H2. The van der Waals surface area contributed by atoms with Crippen LogP contribution in [0.3, 0.4) is 0 Å². The minimum absolute atomic E-state index is 0.497. The monoisotopic (exact) mass is 341 g/mol. The molecule has 4 rings (SSSR count). The average Bonchev–Trinajstić information content (AvgIpc) is 2.95. The van der Waals surface area contributed by atoms with E-state index < -0.39 is 0 Å². The molecule has 122 valence electrons. The van der Waals surface area contributed by atoms with Crippen LogP contribution < -0.4 is 4.74 Å². The molecule has 0 atom stereocenters. The summed E-state index contributed by atoms with van der Waals surface area (Å²) >= 11 is 6.41. The van der Waals surface area contributed by atoms with Gasteiger partial charge in [-0.2, -0.15) is 0 Å². The van der Waals surface area contributed by atoms with Crippen molar-refractivity contribution in [1.29, 1.82) is 0 Å². The zero-order valence-electron chi connectivity index (χ0n) is 12.9. The molecule has 0 saturated carbocycles. The first-order valence-corrected chi connectivity index (χ1v) is 8.19. The van der Waals surface area contributed by atoms with Gasteiger partial charge >= 0.3 is 0 Å². The Kier molecular flexibility index (Phi) is 4.00. The van der Waals surface area contributed by atoms with Crippen molar-refractivity contribution < 1.29 is 14.3 Å². The van der Waals surface area contributed by atoms with Gasteiger partial charge in [0.25, 0.3) is 0 Å². The number of benzene rings is 2. The maximum absolute atomic E-state index is 11.1. The molecule has 1 aliphatic heterocycles. The fraction of sp³-hybridized carbons (Fsp3) is 0.211. The van der Waals surface area contributed by atoms with Crippen LogP contribution in [-0.4, -0.2) is 31.1 Å². The van der Waals surface area contributed by atoms with Gasteiger partial charge in [-0.3, -0.25) is 4.79 Å². The molecule has 0 aliphatic carbocycles. The van der Waals surface area contributed by atoms with Gasteiger partial charge in [-0.25, -0.2) is 0 Å². The Labute approximate surface area is 144 Å². The van der Waals surface area contributed by atoms with E-state index >= 15 is 0 Å². The fourth-order valence-corrected chi connectivity index (χ4v) is 3.08.